The Morgan fingerprint density at radius 1 is 0.769 bits per heavy atom. The van der Waals surface area contributed by atoms with Crippen LogP contribution in [0.3, 0.4) is 0 Å². The molecular weight excluding hydrogens is 324 g/mol. The van der Waals surface area contributed by atoms with Gasteiger partial charge < -0.3 is 14.7 Å². The molecule has 2 aliphatic rings. The molecule has 0 N–H and O–H groups in total. The van der Waals surface area contributed by atoms with Crippen molar-refractivity contribution in [3.63, 3.8) is 0 Å². The summed E-state index contributed by atoms with van der Waals surface area (Å²) in [5.41, 5.74) is 1.92. The molecule has 2 aromatic rings. The number of pyridine rings is 1. The van der Waals surface area contributed by atoms with Crippen molar-refractivity contribution in [2.75, 3.05) is 49.1 Å². The van der Waals surface area contributed by atoms with Crippen LogP contribution in [-0.2, 0) is 0 Å². The summed E-state index contributed by atoms with van der Waals surface area (Å²) in [7, 11) is 0. The Labute approximate surface area is 155 Å². The number of carbonyl (C=O) groups is 1. The second kappa shape index (κ2) is 7.77. The standard InChI is InChI=1S/C21H26N4O/c26-21(18-9-10-20(22-17-18)24-11-5-2-6-12-24)25-15-13-23(14-16-25)19-7-3-1-4-8-19/h1,3-4,7-10,17H,2,5-6,11-16H2. The fourth-order valence-corrected chi connectivity index (χ4v) is 3.81. The molecule has 2 fully saturated rings. The molecule has 5 heteroatoms. The van der Waals surface area contributed by atoms with E-state index in [2.05, 4.69) is 39.0 Å². The molecule has 4 rings (SSSR count). The summed E-state index contributed by atoms with van der Waals surface area (Å²) in [5, 5.41) is 0. The first-order valence-corrected chi connectivity index (χ1v) is 9.61. The van der Waals surface area contributed by atoms with E-state index in [0.717, 1.165) is 45.1 Å². The van der Waals surface area contributed by atoms with Crippen LogP contribution in [0.2, 0.25) is 0 Å². The number of hydrogen-bond donors (Lipinski definition) is 0. The zero-order valence-corrected chi connectivity index (χ0v) is 15.2. The number of aromatic nitrogens is 1. The highest BCUT2D eigenvalue weighted by Gasteiger charge is 2.23. The van der Waals surface area contributed by atoms with Gasteiger partial charge in [-0.15, -0.1) is 0 Å². The van der Waals surface area contributed by atoms with Gasteiger partial charge in [-0.1, -0.05) is 18.2 Å². The van der Waals surface area contributed by atoms with Gasteiger partial charge >= 0.3 is 0 Å². The lowest BCUT2D eigenvalue weighted by Gasteiger charge is -2.36. The van der Waals surface area contributed by atoms with E-state index in [1.165, 1.54) is 24.9 Å². The van der Waals surface area contributed by atoms with E-state index < -0.39 is 0 Å². The minimum Gasteiger partial charge on any atom is -0.368 e. The van der Waals surface area contributed by atoms with E-state index in [4.69, 9.17) is 0 Å². The van der Waals surface area contributed by atoms with Crippen molar-refractivity contribution in [2.45, 2.75) is 19.3 Å². The molecular formula is C21H26N4O. The van der Waals surface area contributed by atoms with Crippen molar-refractivity contribution in [2.24, 2.45) is 0 Å². The first-order valence-electron chi connectivity index (χ1n) is 9.61. The van der Waals surface area contributed by atoms with Gasteiger partial charge in [0, 0.05) is 51.2 Å². The van der Waals surface area contributed by atoms with Crippen LogP contribution in [0.25, 0.3) is 0 Å². The lowest BCUT2D eigenvalue weighted by atomic mass is 10.1. The molecule has 0 spiro atoms. The molecule has 5 nitrogen and oxygen atoms in total. The minimum atomic E-state index is 0.0930. The van der Waals surface area contributed by atoms with Crippen molar-refractivity contribution in [3.8, 4) is 0 Å². The molecule has 2 saturated heterocycles. The van der Waals surface area contributed by atoms with Gasteiger partial charge in [0.1, 0.15) is 5.82 Å². The first kappa shape index (κ1) is 16.9. The number of carbonyl (C=O) groups excluding carboxylic acids is 1. The zero-order chi connectivity index (χ0) is 17.8. The van der Waals surface area contributed by atoms with Crippen molar-refractivity contribution in [1.29, 1.82) is 0 Å². The quantitative estimate of drug-likeness (QED) is 0.853. The number of piperazine rings is 1. The van der Waals surface area contributed by atoms with Crippen molar-refractivity contribution in [3.05, 3.63) is 54.2 Å². The van der Waals surface area contributed by atoms with Crippen LogP contribution in [-0.4, -0.2) is 55.1 Å². The van der Waals surface area contributed by atoms with Crippen LogP contribution in [0.4, 0.5) is 11.5 Å². The van der Waals surface area contributed by atoms with Gasteiger partial charge in [-0.05, 0) is 43.5 Å². The van der Waals surface area contributed by atoms with Gasteiger partial charge in [-0.25, -0.2) is 4.98 Å². The highest BCUT2D eigenvalue weighted by molar-refractivity contribution is 5.94. The fraction of sp³-hybridized carbons (Fsp3) is 0.429. The number of piperidine rings is 1. The predicted octanol–water partition coefficient (Wildman–Crippen LogP) is 3.03. The van der Waals surface area contributed by atoms with Crippen molar-refractivity contribution in [1.82, 2.24) is 9.88 Å². The van der Waals surface area contributed by atoms with Gasteiger partial charge in [0.2, 0.25) is 0 Å². The number of rotatable bonds is 3. The molecule has 1 aromatic carbocycles. The molecule has 136 valence electrons. The van der Waals surface area contributed by atoms with Gasteiger partial charge in [0.25, 0.3) is 5.91 Å². The Balaban J connectivity index is 1.36. The third kappa shape index (κ3) is 3.66. The zero-order valence-electron chi connectivity index (χ0n) is 15.2. The smallest absolute Gasteiger partial charge is 0.255 e. The van der Waals surface area contributed by atoms with E-state index >= 15 is 0 Å². The maximum absolute atomic E-state index is 12.8. The fourth-order valence-electron chi connectivity index (χ4n) is 3.81. The largest absolute Gasteiger partial charge is 0.368 e. The Morgan fingerprint density at radius 3 is 2.15 bits per heavy atom. The van der Waals surface area contributed by atoms with E-state index in [1.807, 2.05) is 23.1 Å². The molecule has 1 aromatic heterocycles. The molecule has 1 amide bonds. The van der Waals surface area contributed by atoms with Gasteiger partial charge in [0.05, 0.1) is 5.56 Å². The van der Waals surface area contributed by atoms with E-state index in [-0.39, 0.29) is 5.91 Å². The Hall–Kier alpha value is -2.56. The number of anilines is 2. The third-order valence-corrected chi connectivity index (χ3v) is 5.36. The summed E-state index contributed by atoms with van der Waals surface area (Å²) in [6.45, 7) is 5.39. The Kier molecular flexibility index (Phi) is 5.04. The minimum absolute atomic E-state index is 0.0930. The first-order chi connectivity index (χ1) is 12.8. The van der Waals surface area contributed by atoms with E-state index in [0.29, 0.717) is 5.56 Å². The Morgan fingerprint density at radius 2 is 1.50 bits per heavy atom. The average molecular weight is 350 g/mol. The summed E-state index contributed by atoms with van der Waals surface area (Å²) < 4.78 is 0. The number of para-hydroxylation sites is 1. The topological polar surface area (TPSA) is 39.7 Å². The lowest BCUT2D eigenvalue weighted by molar-refractivity contribution is 0.0746. The molecule has 26 heavy (non-hydrogen) atoms. The maximum atomic E-state index is 12.8. The summed E-state index contributed by atoms with van der Waals surface area (Å²) >= 11 is 0. The number of amides is 1. The maximum Gasteiger partial charge on any atom is 0.255 e. The molecule has 0 saturated carbocycles. The monoisotopic (exact) mass is 350 g/mol. The van der Waals surface area contributed by atoms with Gasteiger partial charge in [-0.2, -0.15) is 0 Å². The summed E-state index contributed by atoms with van der Waals surface area (Å²) in [5.74, 6) is 1.09. The van der Waals surface area contributed by atoms with Crippen molar-refractivity contribution >= 4 is 17.4 Å². The molecule has 0 bridgehead atoms. The third-order valence-electron chi connectivity index (χ3n) is 5.36. The molecule has 0 atom stereocenters. The average Bonchev–Trinajstić information content (AvgIpc) is 2.75. The second-order valence-corrected chi connectivity index (χ2v) is 7.07. The normalized spacial score (nSPS) is 18.1. The molecule has 0 radical (unpaired) electrons. The van der Waals surface area contributed by atoms with Gasteiger partial charge in [0.15, 0.2) is 0 Å². The molecule has 0 unspecified atom stereocenters. The summed E-state index contributed by atoms with van der Waals surface area (Å²) in [6, 6.07) is 14.3. The van der Waals surface area contributed by atoms with Crippen LogP contribution in [0.1, 0.15) is 29.6 Å². The van der Waals surface area contributed by atoms with Crippen LogP contribution in [0, 0.1) is 0 Å². The summed E-state index contributed by atoms with van der Waals surface area (Å²) in [6.07, 6.45) is 5.51. The highest BCUT2D eigenvalue weighted by atomic mass is 16.2. The lowest BCUT2D eigenvalue weighted by Crippen LogP contribution is -2.48. The SMILES string of the molecule is O=C(c1ccc(N2CCCCC2)nc1)N1CCN(c2ccccc2)CC1. The molecule has 0 aliphatic carbocycles. The predicted molar refractivity (Wildman–Crippen MR) is 105 cm³/mol. The van der Waals surface area contributed by atoms with Crippen molar-refractivity contribution < 1.29 is 4.79 Å². The van der Waals surface area contributed by atoms with Crippen LogP contribution >= 0.6 is 0 Å². The van der Waals surface area contributed by atoms with Crippen LogP contribution < -0.4 is 9.80 Å². The van der Waals surface area contributed by atoms with E-state index in [9.17, 15) is 4.79 Å². The summed E-state index contributed by atoms with van der Waals surface area (Å²) in [4.78, 5) is 23.9. The number of hydrogen-bond acceptors (Lipinski definition) is 4. The van der Waals surface area contributed by atoms with Crippen LogP contribution in [0.5, 0.6) is 0 Å². The highest BCUT2D eigenvalue weighted by Crippen LogP contribution is 2.19. The number of benzene rings is 1. The molecule has 2 aliphatic heterocycles. The Bertz CT molecular complexity index is 717. The molecule has 3 heterocycles. The second-order valence-electron chi connectivity index (χ2n) is 7.07. The number of nitrogens with zero attached hydrogens (tertiary/aromatic N) is 4. The van der Waals surface area contributed by atoms with E-state index in [1.54, 1.807) is 6.20 Å². The van der Waals surface area contributed by atoms with Crippen LogP contribution in [0.15, 0.2) is 48.7 Å². The van der Waals surface area contributed by atoms with Gasteiger partial charge in [-0.3, -0.25) is 4.79 Å².